The number of carboxylic acids is 1. The number of allylic oxidation sites excluding steroid dienone is 2. The van der Waals surface area contributed by atoms with Gasteiger partial charge in [-0.3, -0.25) is 9.69 Å². The van der Waals surface area contributed by atoms with Gasteiger partial charge in [0.1, 0.15) is 0 Å². The quantitative estimate of drug-likeness (QED) is 0.306. The monoisotopic (exact) mass is 509 g/mol. The molecule has 0 bridgehead atoms. The van der Waals surface area contributed by atoms with Crippen LogP contribution in [0, 0.1) is 12.8 Å². The Morgan fingerprint density at radius 3 is 2.39 bits per heavy atom. The highest BCUT2D eigenvalue weighted by Gasteiger charge is 2.45. The fraction of sp³-hybridized carbons (Fsp3) is 0.500. The van der Waals surface area contributed by atoms with Gasteiger partial charge in [0, 0.05) is 49.4 Å². The second-order valence-corrected chi connectivity index (χ2v) is 11.2. The Morgan fingerprint density at radius 2 is 1.72 bits per heavy atom. The van der Waals surface area contributed by atoms with Gasteiger partial charge < -0.3 is 14.9 Å². The van der Waals surface area contributed by atoms with E-state index in [4.69, 9.17) is 9.84 Å². The minimum absolute atomic E-state index is 0.0000225. The van der Waals surface area contributed by atoms with Crippen LogP contribution in [0.3, 0.4) is 0 Å². The lowest BCUT2D eigenvalue weighted by Gasteiger charge is -2.37. The van der Waals surface area contributed by atoms with Crippen LogP contribution in [0.4, 0.5) is 0 Å². The standard InChI is InChI=1S/C30H39NO4S/c1-22-8-12-24(13-9-22)25-14-10-23(11-15-25)21-35-28-20-27(32)30(31-16-18-36-19-17-31)26(28)6-4-2-3-5-7-29(33)34/h2,4,8-15,26-28,30,32H,3,5-7,16-21H2,1H3,(H,33,34)/b4-2+. The van der Waals surface area contributed by atoms with E-state index in [0.29, 0.717) is 19.4 Å². The summed E-state index contributed by atoms with van der Waals surface area (Å²) >= 11 is 1.98. The van der Waals surface area contributed by atoms with E-state index in [0.717, 1.165) is 43.0 Å². The summed E-state index contributed by atoms with van der Waals surface area (Å²) < 4.78 is 6.46. The summed E-state index contributed by atoms with van der Waals surface area (Å²) in [6.45, 7) is 4.66. The Hall–Kier alpha value is -2.12. The number of carbonyl (C=O) groups is 1. The molecule has 5 nitrogen and oxygen atoms in total. The van der Waals surface area contributed by atoms with E-state index in [2.05, 4.69) is 72.5 Å². The number of rotatable bonds is 11. The molecule has 36 heavy (non-hydrogen) atoms. The molecular formula is C30H39NO4S. The summed E-state index contributed by atoms with van der Waals surface area (Å²) in [5, 5.41) is 19.9. The first kappa shape index (κ1) is 26.9. The zero-order valence-corrected chi connectivity index (χ0v) is 22.0. The predicted molar refractivity (Wildman–Crippen MR) is 147 cm³/mol. The van der Waals surface area contributed by atoms with Crippen LogP contribution < -0.4 is 0 Å². The number of hydrogen-bond donors (Lipinski definition) is 2. The summed E-state index contributed by atoms with van der Waals surface area (Å²) in [6, 6.07) is 17.3. The first-order valence-corrected chi connectivity index (χ1v) is 14.3. The first-order valence-electron chi connectivity index (χ1n) is 13.2. The van der Waals surface area contributed by atoms with E-state index in [1.165, 1.54) is 16.7 Å². The molecule has 2 aromatic carbocycles. The number of benzene rings is 2. The third-order valence-electron chi connectivity index (χ3n) is 7.39. The molecule has 2 aliphatic rings. The van der Waals surface area contributed by atoms with Crippen LogP contribution >= 0.6 is 11.8 Å². The molecule has 4 atom stereocenters. The molecule has 2 aromatic rings. The zero-order valence-electron chi connectivity index (χ0n) is 21.2. The second-order valence-electron chi connectivity index (χ2n) is 10.0. The average molecular weight is 510 g/mol. The summed E-state index contributed by atoms with van der Waals surface area (Å²) in [5.74, 6) is 1.70. The van der Waals surface area contributed by atoms with Crippen LogP contribution in [0.15, 0.2) is 60.7 Å². The normalized spacial score (nSPS) is 24.9. The lowest BCUT2D eigenvalue weighted by atomic mass is 9.95. The SMILES string of the molecule is Cc1ccc(-c2ccc(COC3CC(O)C(N4CCSCC4)C3C/C=C/CCCC(=O)O)cc2)cc1. The van der Waals surface area contributed by atoms with Crippen LogP contribution in [-0.4, -0.2) is 63.9 Å². The smallest absolute Gasteiger partial charge is 0.303 e. The predicted octanol–water partition coefficient (Wildman–Crippen LogP) is 5.55. The van der Waals surface area contributed by atoms with E-state index in [-0.39, 0.29) is 30.6 Å². The average Bonchev–Trinajstić information content (AvgIpc) is 3.20. The van der Waals surface area contributed by atoms with Crippen molar-refractivity contribution in [2.24, 2.45) is 5.92 Å². The van der Waals surface area contributed by atoms with E-state index < -0.39 is 5.97 Å². The number of hydrogen-bond acceptors (Lipinski definition) is 5. The third kappa shape index (κ3) is 7.45. The van der Waals surface area contributed by atoms with Crippen molar-refractivity contribution in [3.8, 4) is 11.1 Å². The number of aryl methyl sites for hydroxylation is 1. The molecule has 2 fully saturated rings. The van der Waals surface area contributed by atoms with Gasteiger partial charge in [-0.05, 0) is 42.9 Å². The summed E-state index contributed by atoms with van der Waals surface area (Å²) in [4.78, 5) is 13.2. The topological polar surface area (TPSA) is 70.0 Å². The maximum atomic E-state index is 11.0. The lowest BCUT2D eigenvalue weighted by molar-refractivity contribution is -0.137. The van der Waals surface area contributed by atoms with Crippen molar-refractivity contribution in [3.63, 3.8) is 0 Å². The van der Waals surface area contributed by atoms with E-state index >= 15 is 0 Å². The van der Waals surface area contributed by atoms with Gasteiger partial charge in [-0.25, -0.2) is 0 Å². The van der Waals surface area contributed by atoms with Crippen molar-refractivity contribution in [1.82, 2.24) is 4.90 Å². The van der Waals surface area contributed by atoms with Gasteiger partial charge in [-0.15, -0.1) is 0 Å². The van der Waals surface area contributed by atoms with Crippen LogP contribution in [0.25, 0.3) is 11.1 Å². The molecule has 0 radical (unpaired) electrons. The molecule has 4 rings (SSSR count). The van der Waals surface area contributed by atoms with Crippen LogP contribution in [0.5, 0.6) is 0 Å². The molecule has 1 heterocycles. The Labute approximate surface area is 219 Å². The molecule has 0 spiro atoms. The van der Waals surface area contributed by atoms with Gasteiger partial charge >= 0.3 is 5.97 Å². The van der Waals surface area contributed by atoms with Crippen molar-refractivity contribution < 1.29 is 19.7 Å². The number of thioether (sulfide) groups is 1. The molecule has 1 saturated heterocycles. The second kappa shape index (κ2) is 13.4. The van der Waals surface area contributed by atoms with Gasteiger partial charge in [0.05, 0.1) is 18.8 Å². The third-order valence-corrected chi connectivity index (χ3v) is 8.33. The minimum Gasteiger partial charge on any atom is -0.481 e. The fourth-order valence-electron chi connectivity index (χ4n) is 5.42. The Balaban J connectivity index is 1.38. The molecule has 0 aromatic heterocycles. The van der Waals surface area contributed by atoms with Crippen LogP contribution in [-0.2, 0) is 16.1 Å². The fourth-order valence-corrected chi connectivity index (χ4v) is 6.35. The van der Waals surface area contributed by atoms with E-state index in [9.17, 15) is 9.90 Å². The number of aliphatic hydroxyl groups is 1. The summed E-state index contributed by atoms with van der Waals surface area (Å²) in [7, 11) is 0. The largest absolute Gasteiger partial charge is 0.481 e. The molecule has 4 unspecified atom stereocenters. The zero-order chi connectivity index (χ0) is 25.3. The molecule has 194 valence electrons. The van der Waals surface area contributed by atoms with E-state index in [1.807, 2.05) is 11.8 Å². The molecule has 1 aliphatic heterocycles. The summed E-state index contributed by atoms with van der Waals surface area (Å²) in [5.41, 5.74) is 4.81. The maximum Gasteiger partial charge on any atom is 0.303 e. The molecule has 6 heteroatoms. The van der Waals surface area contributed by atoms with Crippen LogP contribution in [0.1, 0.15) is 43.2 Å². The highest BCUT2D eigenvalue weighted by Crippen LogP contribution is 2.37. The first-order chi connectivity index (χ1) is 17.5. The minimum atomic E-state index is -0.745. The van der Waals surface area contributed by atoms with E-state index in [1.54, 1.807) is 0 Å². The van der Waals surface area contributed by atoms with Gasteiger partial charge in [0.2, 0.25) is 0 Å². The number of nitrogens with zero attached hydrogens (tertiary/aromatic N) is 1. The number of aliphatic hydroxyl groups excluding tert-OH is 1. The van der Waals surface area contributed by atoms with Crippen LogP contribution in [0.2, 0.25) is 0 Å². The number of ether oxygens (including phenoxy) is 1. The lowest BCUT2D eigenvalue weighted by Crippen LogP contribution is -2.48. The van der Waals surface area contributed by atoms with Crippen molar-refractivity contribution >= 4 is 17.7 Å². The van der Waals surface area contributed by atoms with Crippen molar-refractivity contribution in [2.45, 2.75) is 63.9 Å². The van der Waals surface area contributed by atoms with Crippen molar-refractivity contribution in [2.75, 3.05) is 24.6 Å². The molecule has 0 amide bonds. The van der Waals surface area contributed by atoms with Gasteiger partial charge in [-0.2, -0.15) is 11.8 Å². The maximum absolute atomic E-state index is 11.0. The summed E-state index contributed by atoms with van der Waals surface area (Å²) in [6.07, 6.45) is 7.02. The Bertz CT molecular complexity index is 985. The number of carboxylic acid groups (broad SMARTS) is 1. The van der Waals surface area contributed by atoms with Crippen molar-refractivity contribution in [1.29, 1.82) is 0 Å². The van der Waals surface area contributed by atoms with Gasteiger partial charge in [0.15, 0.2) is 0 Å². The highest BCUT2D eigenvalue weighted by atomic mass is 32.2. The Morgan fingerprint density at radius 1 is 1.06 bits per heavy atom. The molecular weight excluding hydrogens is 470 g/mol. The number of unbranched alkanes of at least 4 members (excludes halogenated alkanes) is 1. The van der Waals surface area contributed by atoms with Gasteiger partial charge in [-0.1, -0.05) is 66.2 Å². The highest BCUT2D eigenvalue weighted by molar-refractivity contribution is 7.99. The molecule has 1 saturated carbocycles. The molecule has 2 N–H and O–H groups in total. The molecule has 1 aliphatic carbocycles. The van der Waals surface area contributed by atoms with Crippen molar-refractivity contribution in [3.05, 3.63) is 71.8 Å². The Kier molecular flexibility index (Phi) is 10.0. The number of aliphatic carboxylic acids is 1. The van der Waals surface area contributed by atoms with Gasteiger partial charge in [0.25, 0.3) is 0 Å².